The molecule has 4 atom stereocenters. The van der Waals surface area contributed by atoms with Gasteiger partial charge in [-0.15, -0.1) is 11.3 Å². The molecule has 10 heteroatoms. The third-order valence-corrected chi connectivity index (χ3v) is 8.68. The smallest absolute Gasteiger partial charge is 0.303 e. The zero-order chi connectivity index (χ0) is 26.9. The van der Waals surface area contributed by atoms with Crippen molar-refractivity contribution < 1.29 is 14.7 Å². The van der Waals surface area contributed by atoms with Gasteiger partial charge in [-0.1, -0.05) is 61.0 Å². The first-order valence-electron chi connectivity index (χ1n) is 12.0. The molecule has 1 aromatic carbocycles. The number of amides is 1. The van der Waals surface area contributed by atoms with Crippen molar-refractivity contribution >= 4 is 88.8 Å². The molecule has 3 fully saturated rings. The number of aryl methyl sites for hydroxylation is 1. The predicted molar refractivity (Wildman–Crippen MR) is 167 cm³/mol. The Morgan fingerprint density at radius 2 is 1.94 bits per heavy atom. The van der Waals surface area contributed by atoms with Crippen molar-refractivity contribution in [3.05, 3.63) is 46.9 Å². The fourth-order valence-electron chi connectivity index (χ4n) is 5.68. The normalized spacial score (nSPS) is 23.6. The minimum absolute atomic E-state index is 0.0541. The molecule has 2 N–H and O–H groups in total. The van der Waals surface area contributed by atoms with Crippen molar-refractivity contribution in [3.8, 4) is 0 Å². The van der Waals surface area contributed by atoms with Crippen LogP contribution in [0.2, 0.25) is 0 Å². The minimum Gasteiger partial charge on any atom is -0.481 e. The Balaban J connectivity index is 0.000000850. The Morgan fingerprint density at radius 1 is 1.25 bits per heavy atom. The standard InChI is InChI=1S/C26H33NO3S.H2S3.S2/c1-16-10-11-22-19(12-16)20(15-31-22)25(30)27-24-17(8-6-4-5-7-9-23(28)29)13-18-14-21(24)26(18,2)3;1-3-2;1-2/h4,6,10-12,15,17-18,21,24H,5,7-9,13-14H2,1-3H3,(H,27,30)(H,28,29);1-2H;/b6-4-;;/t17-,18-,21-,24-;;/m0../s1. The number of benzene rings is 1. The topological polar surface area (TPSA) is 66.4 Å². The minimum atomic E-state index is -0.734. The highest BCUT2D eigenvalue weighted by Gasteiger charge is 2.57. The molecule has 0 spiro atoms. The third-order valence-electron chi connectivity index (χ3n) is 7.71. The predicted octanol–water partition coefficient (Wildman–Crippen LogP) is 7.60. The van der Waals surface area contributed by atoms with Gasteiger partial charge in [-0.25, -0.2) is 0 Å². The monoisotopic (exact) mass is 601 g/mol. The molecule has 0 unspecified atom stereocenters. The number of rotatable bonds is 8. The largest absolute Gasteiger partial charge is 0.481 e. The van der Waals surface area contributed by atoms with E-state index < -0.39 is 5.97 Å². The number of fused-ring (bicyclic) bond motifs is 3. The fourth-order valence-corrected chi connectivity index (χ4v) is 6.60. The van der Waals surface area contributed by atoms with Crippen molar-refractivity contribution in [1.82, 2.24) is 5.32 Å². The molecular formula is C26H35NO3S6. The van der Waals surface area contributed by atoms with Gasteiger partial charge in [0.1, 0.15) is 0 Å². The van der Waals surface area contributed by atoms with Gasteiger partial charge in [-0.3, -0.25) is 9.59 Å². The zero-order valence-corrected chi connectivity index (χ0v) is 25.9. The van der Waals surface area contributed by atoms with Crippen LogP contribution < -0.4 is 5.32 Å². The van der Waals surface area contributed by atoms with Crippen molar-refractivity contribution in [1.29, 1.82) is 0 Å². The highest BCUT2D eigenvalue weighted by Crippen LogP contribution is 2.61. The molecule has 3 aliphatic carbocycles. The Labute approximate surface area is 242 Å². The van der Waals surface area contributed by atoms with Gasteiger partial charge in [-0.05, 0) is 84.2 Å². The number of carbonyl (C=O) groups is 2. The molecule has 2 aromatic rings. The number of aliphatic carboxylic acids is 1. The molecule has 1 amide bonds. The van der Waals surface area contributed by atoms with E-state index in [9.17, 15) is 9.59 Å². The summed E-state index contributed by atoms with van der Waals surface area (Å²) in [5, 5.41) is 15.3. The first-order valence-corrected chi connectivity index (χ1v) is 17.1. The van der Waals surface area contributed by atoms with Gasteiger partial charge in [0.05, 0.1) is 5.56 Å². The van der Waals surface area contributed by atoms with Crippen LogP contribution in [0.4, 0.5) is 0 Å². The van der Waals surface area contributed by atoms with Crippen LogP contribution >= 0.6 is 44.5 Å². The summed E-state index contributed by atoms with van der Waals surface area (Å²) >= 11 is 16.1. The van der Waals surface area contributed by atoms with E-state index >= 15 is 0 Å². The SMILES string of the molecule is Cc1ccc2scc(C(=O)N[C@H]3[C@@H](C/C=C\CCCC(=O)O)C[C@H]4C[C@@H]3C4(C)C)c2c1.S=S.SSS. The van der Waals surface area contributed by atoms with Crippen LogP contribution in [0.3, 0.4) is 0 Å². The van der Waals surface area contributed by atoms with Crippen LogP contribution in [0, 0.1) is 30.1 Å². The average Bonchev–Trinajstić information content (AvgIpc) is 3.26. The molecule has 0 aliphatic heterocycles. The molecular weight excluding hydrogens is 567 g/mol. The van der Waals surface area contributed by atoms with Crippen LogP contribution in [-0.4, -0.2) is 23.0 Å². The fraction of sp³-hybridized carbons (Fsp3) is 0.538. The van der Waals surface area contributed by atoms with Gasteiger partial charge in [-0.2, -0.15) is 0 Å². The Kier molecular flexibility index (Phi) is 13.2. The maximum absolute atomic E-state index is 13.3. The van der Waals surface area contributed by atoms with Crippen LogP contribution in [0.25, 0.3) is 10.1 Å². The van der Waals surface area contributed by atoms with Crippen LogP contribution in [-0.2, 0) is 27.2 Å². The second-order valence-electron chi connectivity index (χ2n) is 10.1. The van der Waals surface area contributed by atoms with Crippen molar-refractivity contribution in [3.63, 3.8) is 0 Å². The number of carboxylic acid groups (broad SMARTS) is 1. The van der Waals surface area contributed by atoms with Gasteiger partial charge in [0.25, 0.3) is 5.91 Å². The molecule has 36 heavy (non-hydrogen) atoms. The molecule has 3 aliphatic rings. The summed E-state index contributed by atoms with van der Waals surface area (Å²) < 4.78 is 1.16. The number of thiol groups is 2. The van der Waals surface area contributed by atoms with Gasteiger partial charge in [0.15, 0.2) is 0 Å². The highest BCUT2D eigenvalue weighted by molar-refractivity contribution is 9.01. The van der Waals surface area contributed by atoms with Gasteiger partial charge in [0.2, 0.25) is 0 Å². The molecule has 1 heterocycles. The van der Waals surface area contributed by atoms with Crippen molar-refractivity contribution in [2.24, 2.45) is 23.2 Å². The molecule has 0 saturated heterocycles. The van der Waals surface area contributed by atoms with E-state index in [0.717, 1.165) is 50.7 Å². The van der Waals surface area contributed by atoms with Crippen molar-refractivity contribution in [2.75, 3.05) is 0 Å². The van der Waals surface area contributed by atoms with Crippen molar-refractivity contribution in [2.45, 2.75) is 65.3 Å². The number of thiophene rings is 1. The number of allylic oxidation sites excluding steroid dienone is 2. The lowest BCUT2D eigenvalue weighted by molar-refractivity contribution is -0.137. The van der Waals surface area contributed by atoms with Crippen LogP contribution in [0.5, 0.6) is 0 Å². The maximum Gasteiger partial charge on any atom is 0.303 e. The van der Waals surface area contributed by atoms with E-state index in [4.69, 9.17) is 5.11 Å². The number of nitrogens with one attached hydrogen (secondary N) is 1. The quantitative estimate of drug-likeness (QED) is 0.108. The molecule has 4 nitrogen and oxygen atoms in total. The van der Waals surface area contributed by atoms with E-state index in [2.05, 4.69) is 102 Å². The van der Waals surface area contributed by atoms with E-state index in [0.29, 0.717) is 18.3 Å². The maximum atomic E-state index is 13.3. The summed E-state index contributed by atoms with van der Waals surface area (Å²) in [6.07, 6.45) is 9.32. The Hall–Kier alpha value is -0.650. The summed E-state index contributed by atoms with van der Waals surface area (Å²) in [6.45, 7) is 6.77. The van der Waals surface area contributed by atoms with Gasteiger partial charge < -0.3 is 10.4 Å². The first kappa shape index (κ1) is 31.6. The highest BCUT2D eigenvalue weighted by atomic mass is 33.5. The molecule has 5 rings (SSSR count). The molecule has 198 valence electrons. The Morgan fingerprint density at radius 3 is 2.58 bits per heavy atom. The number of hydrogen-bond donors (Lipinski definition) is 4. The summed E-state index contributed by atoms with van der Waals surface area (Å²) in [5.41, 5.74) is 2.25. The van der Waals surface area contributed by atoms with Gasteiger partial charge in [0, 0.05) is 50.3 Å². The summed E-state index contributed by atoms with van der Waals surface area (Å²) in [4.78, 5) is 24.0. The first-order chi connectivity index (χ1) is 17.2. The number of carboxylic acids is 1. The number of carbonyl (C=O) groups excluding carboxylic acids is 1. The zero-order valence-electron chi connectivity index (χ0n) is 20.8. The number of unbranched alkanes of at least 4 members (excludes halogenated alkanes) is 1. The van der Waals surface area contributed by atoms with E-state index in [-0.39, 0.29) is 23.8 Å². The van der Waals surface area contributed by atoms with Crippen LogP contribution in [0.1, 0.15) is 68.3 Å². The third kappa shape index (κ3) is 7.93. The second kappa shape index (κ2) is 15.1. The Bertz CT molecular complexity index is 1050. The van der Waals surface area contributed by atoms with E-state index in [1.165, 1.54) is 12.0 Å². The second-order valence-corrected chi connectivity index (χ2v) is 13.1. The summed E-state index contributed by atoms with van der Waals surface area (Å²) in [7, 11) is 1.14. The summed E-state index contributed by atoms with van der Waals surface area (Å²) in [6, 6.07) is 6.50. The average molecular weight is 602 g/mol. The lowest BCUT2D eigenvalue weighted by Gasteiger charge is -2.62. The lowest BCUT2D eigenvalue weighted by Crippen LogP contribution is -2.63. The van der Waals surface area contributed by atoms with Gasteiger partial charge >= 0.3 is 5.97 Å². The van der Waals surface area contributed by atoms with E-state index in [1.54, 1.807) is 11.3 Å². The van der Waals surface area contributed by atoms with E-state index in [1.807, 2.05) is 5.38 Å². The number of hydrogen-bond acceptors (Lipinski definition) is 8. The summed E-state index contributed by atoms with van der Waals surface area (Å²) in [5.74, 6) is 1.02. The molecule has 1 aromatic heterocycles. The molecule has 2 bridgehead atoms. The molecule has 3 saturated carbocycles. The lowest BCUT2D eigenvalue weighted by atomic mass is 9.44. The van der Waals surface area contributed by atoms with Crippen LogP contribution in [0.15, 0.2) is 35.7 Å². The molecule has 0 radical (unpaired) electrons.